The van der Waals surface area contributed by atoms with E-state index >= 15 is 0 Å². The summed E-state index contributed by atoms with van der Waals surface area (Å²) >= 11 is 0. The molecular weight excluding hydrogens is 577 g/mol. The zero-order valence-corrected chi connectivity index (χ0v) is 25.7. The van der Waals surface area contributed by atoms with E-state index in [2.05, 4.69) is 41.1 Å². The van der Waals surface area contributed by atoms with Crippen LogP contribution in [0.2, 0.25) is 0 Å². The normalized spacial score (nSPS) is 22.9. The summed E-state index contributed by atoms with van der Waals surface area (Å²) in [6.45, 7) is 5.62. The number of halogens is 3. The van der Waals surface area contributed by atoms with Crippen molar-refractivity contribution in [3.8, 4) is 0 Å². The second-order valence-corrected chi connectivity index (χ2v) is 14.2. The molecule has 3 fully saturated rings. The first-order valence-electron chi connectivity index (χ1n) is 15.5. The van der Waals surface area contributed by atoms with Crippen LogP contribution in [-0.4, -0.2) is 98.3 Å². The number of alkyl halides is 3. The third kappa shape index (κ3) is 7.79. The van der Waals surface area contributed by atoms with Crippen LogP contribution in [0, 0.1) is 5.92 Å². The first kappa shape index (κ1) is 31.9. The number of rotatable bonds is 8. The summed E-state index contributed by atoms with van der Waals surface area (Å²) in [5, 5.41) is 0. The quantitative estimate of drug-likeness (QED) is 0.427. The fourth-order valence-corrected chi connectivity index (χ4v) is 8.67. The van der Waals surface area contributed by atoms with Crippen LogP contribution in [0.15, 0.2) is 59.5 Å². The van der Waals surface area contributed by atoms with Crippen molar-refractivity contribution in [2.24, 2.45) is 5.92 Å². The molecule has 2 aromatic carbocycles. The Kier molecular flexibility index (Phi) is 10.2. The van der Waals surface area contributed by atoms with Gasteiger partial charge in [-0.2, -0.15) is 17.5 Å². The highest BCUT2D eigenvalue weighted by Crippen LogP contribution is 2.34. The number of carbonyl (C=O) groups excluding carboxylic acids is 1. The average Bonchev–Trinajstić information content (AvgIpc) is 3.01. The van der Waals surface area contributed by atoms with Crippen LogP contribution in [0.3, 0.4) is 0 Å². The van der Waals surface area contributed by atoms with Gasteiger partial charge in [0.15, 0.2) is 0 Å². The van der Waals surface area contributed by atoms with E-state index in [1.54, 1.807) is 0 Å². The summed E-state index contributed by atoms with van der Waals surface area (Å²) < 4.78 is 68.2. The van der Waals surface area contributed by atoms with Gasteiger partial charge < -0.3 is 9.80 Å². The smallest absolute Gasteiger partial charge is 0.343 e. The standard InChI is InChI=1S/C32H43F3N4O3S/c1-36-18-20-37(21-19-36)30(22-25-8-3-2-4-9-25)26-13-16-38(17-14-26)31(40)24-28-11-5-6-15-39(28)43(41,42)29-12-7-10-27(23-29)32(33,34)35/h2-4,7-10,12,23,26,28,30H,5-6,11,13-22,24H2,1H3. The first-order chi connectivity index (χ1) is 20.5. The van der Waals surface area contributed by atoms with Crippen molar-refractivity contribution in [1.82, 2.24) is 19.0 Å². The summed E-state index contributed by atoms with van der Waals surface area (Å²) in [6, 6.07) is 14.3. The molecule has 2 aromatic rings. The monoisotopic (exact) mass is 620 g/mol. The molecule has 0 aromatic heterocycles. The fourth-order valence-electron chi connectivity index (χ4n) is 6.93. The number of piperazine rings is 1. The molecule has 236 valence electrons. The summed E-state index contributed by atoms with van der Waals surface area (Å²) in [5.74, 6) is 0.383. The van der Waals surface area contributed by atoms with Gasteiger partial charge in [0.05, 0.1) is 10.5 Å². The molecular formula is C32H43F3N4O3S. The van der Waals surface area contributed by atoms with E-state index in [9.17, 15) is 26.4 Å². The number of amides is 1. The summed E-state index contributed by atoms with van der Waals surface area (Å²) in [5.41, 5.74) is 0.326. The third-order valence-corrected chi connectivity index (χ3v) is 11.4. The van der Waals surface area contributed by atoms with Gasteiger partial charge in [-0.1, -0.05) is 42.8 Å². The van der Waals surface area contributed by atoms with Gasteiger partial charge in [-0.25, -0.2) is 8.42 Å². The fraction of sp³-hybridized carbons (Fsp3) is 0.594. The molecule has 1 amide bonds. The molecule has 2 unspecified atom stereocenters. The molecule has 2 atom stereocenters. The molecule has 3 heterocycles. The number of hydrogen-bond donors (Lipinski definition) is 0. The van der Waals surface area contributed by atoms with Crippen LogP contribution in [-0.2, 0) is 27.4 Å². The Morgan fingerprint density at radius 2 is 1.58 bits per heavy atom. The van der Waals surface area contributed by atoms with Crippen LogP contribution in [0.5, 0.6) is 0 Å². The Labute approximate surface area is 253 Å². The number of likely N-dealkylation sites (tertiary alicyclic amines) is 1. The molecule has 5 rings (SSSR count). The minimum atomic E-state index is -4.64. The SMILES string of the molecule is CN1CCN(C(Cc2ccccc2)C2CCN(C(=O)CC3CCCCN3S(=O)(=O)c3cccc(C(F)(F)F)c3)CC2)CC1. The maximum absolute atomic E-state index is 13.5. The van der Waals surface area contributed by atoms with Crippen molar-refractivity contribution in [2.75, 3.05) is 52.9 Å². The molecule has 0 radical (unpaired) electrons. The van der Waals surface area contributed by atoms with Gasteiger partial charge >= 0.3 is 6.18 Å². The largest absolute Gasteiger partial charge is 0.416 e. The molecule has 3 saturated heterocycles. The molecule has 0 aliphatic carbocycles. The Morgan fingerprint density at radius 1 is 0.884 bits per heavy atom. The minimum absolute atomic E-state index is 0.0504. The Hall–Kier alpha value is -2.47. The number of hydrogen-bond acceptors (Lipinski definition) is 5. The molecule has 0 bridgehead atoms. The summed E-state index contributed by atoms with van der Waals surface area (Å²) in [4.78, 5) is 20.0. The number of sulfonamides is 1. The van der Waals surface area contributed by atoms with Crippen molar-refractivity contribution in [1.29, 1.82) is 0 Å². The highest BCUT2D eigenvalue weighted by Gasteiger charge is 2.39. The zero-order chi connectivity index (χ0) is 30.6. The van der Waals surface area contributed by atoms with Crippen LogP contribution in [0.25, 0.3) is 0 Å². The van der Waals surface area contributed by atoms with Crippen LogP contribution in [0.1, 0.15) is 49.7 Å². The minimum Gasteiger partial charge on any atom is -0.343 e. The summed E-state index contributed by atoms with van der Waals surface area (Å²) in [6.07, 6.45) is 0.0911. The lowest BCUT2D eigenvalue weighted by Gasteiger charge is -2.44. The molecule has 43 heavy (non-hydrogen) atoms. The van der Waals surface area contributed by atoms with Crippen molar-refractivity contribution < 1.29 is 26.4 Å². The van der Waals surface area contributed by atoms with Crippen molar-refractivity contribution in [3.63, 3.8) is 0 Å². The van der Waals surface area contributed by atoms with Gasteiger partial charge in [-0.3, -0.25) is 9.69 Å². The molecule has 0 spiro atoms. The number of nitrogens with zero attached hydrogens (tertiary/aromatic N) is 4. The third-order valence-electron chi connectivity index (χ3n) is 9.48. The van der Waals surface area contributed by atoms with Crippen molar-refractivity contribution in [2.45, 2.75) is 68.1 Å². The van der Waals surface area contributed by atoms with Gasteiger partial charge in [0.25, 0.3) is 0 Å². The van der Waals surface area contributed by atoms with E-state index in [-0.39, 0.29) is 23.8 Å². The number of piperidine rings is 2. The molecule has 3 aliphatic rings. The van der Waals surface area contributed by atoms with E-state index in [0.717, 1.165) is 64.0 Å². The summed E-state index contributed by atoms with van der Waals surface area (Å²) in [7, 11) is -2.02. The van der Waals surface area contributed by atoms with Crippen molar-refractivity contribution in [3.05, 3.63) is 65.7 Å². The van der Waals surface area contributed by atoms with Crippen LogP contribution in [0.4, 0.5) is 13.2 Å². The van der Waals surface area contributed by atoms with Crippen molar-refractivity contribution >= 4 is 15.9 Å². The number of carbonyl (C=O) groups is 1. The maximum atomic E-state index is 13.5. The van der Waals surface area contributed by atoms with E-state index in [0.29, 0.717) is 44.0 Å². The lowest BCUT2D eigenvalue weighted by molar-refractivity contribution is -0.137. The van der Waals surface area contributed by atoms with E-state index in [1.165, 1.54) is 15.9 Å². The van der Waals surface area contributed by atoms with Gasteiger partial charge in [-0.15, -0.1) is 0 Å². The van der Waals surface area contributed by atoms with Crippen LogP contribution < -0.4 is 0 Å². The highest BCUT2D eigenvalue weighted by molar-refractivity contribution is 7.89. The van der Waals surface area contributed by atoms with E-state index in [4.69, 9.17) is 0 Å². The molecule has 0 N–H and O–H groups in total. The van der Waals surface area contributed by atoms with E-state index < -0.39 is 27.8 Å². The van der Waals surface area contributed by atoms with Crippen LogP contribution >= 0.6 is 0 Å². The molecule has 0 saturated carbocycles. The lowest BCUT2D eigenvalue weighted by Crippen LogP contribution is -2.54. The number of likely N-dealkylation sites (N-methyl/N-ethyl adjacent to an activating group) is 1. The predicted molar refractivity (Wildman–Crippen MR) is 160 cm³/mol. The second-order valence-electron chi connectivity index (χ2n) is 12.3. The Balaban J connectivity index is 1.23. The molecule has 11 heteroatoms. The second kappa shape index (κ2) is 13.7. The van der Waals surface area contributed by atoms with E-state index in [1.807, 2.05) is 11.0 Å². The topological polar surface area (TPSA) is 64.2 Å². The van der Waals surface area contributed by atoms with Gasteiger partial charge in [-0.05, 0) is 68.8 Å². The highest BCUT2D eigenvalue weighted by atomic mass is 32.2. The lowest BCUT2D eigenvalue weighted by atomic mass is 9.84. The Bertz CT molecular complexity index is 1320. The van der Waals surface area contributed by atoms with Gasteiger partial charge in [0.1, 0.15) is 0 Å². The van der Waals surface area contributed by atoms with Gasteiger partial charge in [0.2, 0.25) is 15.9 Å². The Morgan fingerprint density at radius 3 is 2.26 bits per heavy atom. The maximum Gasteiger partial charge on any atom is 0.416 e. The average molecular weight is 621 g/mol. The first-order valence-corrected chi connectivity index (χ1v) is 16.9. The molecule has 3 aliphatic heterocycles. The molecule has 7 nitrogen and oxygen atoms in total. The predicted octanol–water partition coefficient (Wildman–Crippen LogP) is 4.74. The van der Waals surface area contributed by atoms with Gasteiger partial charge in [0, 0.05) is 64.3 Å². The zero-order valence-electron chi connectivity index (χ0n) is 24.9. The number of benzene rings is 2.